The highest BCUT2D eigenvalue weighted by Crippen LogP contribution is 2.37. The molecular weight excluding hydrogens is 454 g/mol. The summed E-state index contributed by atoms with van der Waals surface area (Å²) in [4.78, 5) is 21.0. The molecule has 8 heteroatoms. The molecule has 1 aliphatic heterocycles. The summed E-state index contributed by atoms with van der Waals surface area (Å²) >= 11 is 0. The molecule has 1 aliphatic rings. The summed E-state index contributed by atoms with van der Waals surface area (Å²) < 4.78 is 11.8. The number of pyridine rings is 2. The molecule has 0 atom stereocenters. The number of hydrogen-bond acceptors (Lipinski definition) is 7. The molecule has 4 heterocycles. The number of aryl methyl sites for hydroxylation is 2. The second-order valence-corrected chi connectivity index (χ2v) is 9.01. The van der Waals surface area contributed by atoms with Crippen molar-refractivity contribution in [3.63, 3.8) is 0 Å². The molecule has 0 bridgehead atoms. The average Bonchev–Trinajstić information content (AvgIpc) is 3.33. The van der Waals surface area contributed by atoms with Gasteiger partial charge in [0.25, 0.3) is 5.91 Å². The van der Waals surface area contributed by atoms with Crippen LogP contribution in [0.3, 0.4) is 0 Å². The van der Waals surface area contributed by atoms with Crippen LogP contribution in [0.25, 0.3) is 33.7 Å². The Balaban J connectivity index is 1.54. The van der Waals surface area contributed by atoms with Gasteiger partial charge in [-0.15, -0.1) is 0 Å². The van der Waals surface area contributed by atoms with Crippen molar-refractivity contribution in [2.45, 2.75) is 32.7 Å². The van der Waals surface area contributed by atoms with Crippen LogP contribution in [0.5, 0.6) is 0 Å². The molecule has 1 amide bonds. The molecule has 36 heavy (non-hydrogen) atoms. The zero-order valence-corrected chi connectivity index (χ0v) is 20.5. The van der Waals surface area contributed by atoms with Gasteiger partial charge in [0.15, 0.2) is 11.3 Å². The van der Waals surface area contributed by atoms with Crippen LogP contribution >= 0.6 is 0 Å². The van der Waals surface area contributed by atoms with E-state index in [2.05, 4.69) is 26.7 Å². The van der Waals surface area contributed by atoms with Gasteiger partial charge in [0, 0.05) is 50.3 Å². The maximum absolute atomic E-state index is 12.0. The molecular formula is C28H27N5O3. The number of nitrogens with one attached hydrogen (secondary N) is 2. The number of fused-ring (bicyclic) bond motifs is 1. The number of furan rings is 1. The fourth-order valence-electron chi connectivity index (χ4n) is 4.62. The number of benzene rings is 1. The Hall–Kier alpha value is -4.22. The van der Waals surface area contributed by atoms with E-state index in [0.29, 0.717) is 39.7 Å². The van der Waals surface area contributed by atoms with Crippen LogP contribution in [0.15, 0.2) is 47.1 Å². The van der Waals surface area contributed by atoms with Crippen molar-refractivity contribution in [2.24, 2.45) is 0 Å². The Morgan fingerprint density at radius 1 is 1.08 bits per heavy atom. The first kappa shape index (κ1) is 23.5. The molecule has 0 saturated carbocycles. The highest BCUT2D eigenvalue weighted by Gasteiger charge is 2.20. The molecule has 182 valence electrons. The monoisotopic (exact) mass is 481 g/mol. The van der Waals surface area contributed by atoms with Gasteiger partial charge in [-0.1, -0.05) is 6.07 Å². The van der Waals surface area contributed by atoms with Crippen molar-refractivity contribution in [3.05, 3.63) is 65.0 Å². The Morgan fingerprint density at radius 2 is 1.89 bits per heavy atom. The number of rotatable bonds is 5. The van der Waals surface area contributed by atoms with Crippen LogP contribution in [-0.4, -0.2) is 42.2 Å². The average molecular weight is 482 g/mol. The molecule has 2 N–H and O–H groups in total. The van der Waals surface area contributed by atoms with E-state index in [1.807, 2.05) is 44.3 Å². The molecule has 3 aromatic heterocycles. The van der Waals surface area contributed by atoms with Crippen LogP contribution in [0, 0.1) is 25.2 Å². The van der Waals surface area contributed by atoms with Crippen LogP contribution in [0.2, 0.25) is 0 Å². The van der Waals surface area contributed by atoms with Crippen LogP contribution in [0.1, 0.15) is 39.9 Å². The summed E-state index contributed by atoms with van der Waals surface area (Å²) in [5, 5.41) is 16.0. The normalized spacial score (nSPS) is 13.9. The SMILES string of the molecule is CNC(=O)c1cnc(-c2cc3ncc(C)c(-c4ccc(NC5CCOCC5)c(C#N)c4)c3o2)c(C)c1. The third-order valence-corrected chi connectivity index (χ3v) is 6.54. The van der Waals surface area contributed by atoms with Crippen molar-refractivity contribution in [1.82, 2.24) is 15.3 Å². The number of ether oxygens (including phenoxy) is 1. The second kappa shape index (κ2) is 9.80. The standard InChI is InChI=1S/C28H27N5O3/c1-16-10-20(28(34)30-3)15-32-26(16)24-12-23-27(36-24)25(17(2)14-31-23)18-4-5-22(19(11-18)13-29)33-21-6-8-35-9-7-21/h4-5,10-12,14-15,21,33H,6-9H2,1-3H3,(H,30,34). The van der Waals surface area contributed by atoms with Crippen molar-refractivity contribution in [3.8, 4) is 28.7 Å². The summed E-state index contributed by atoms with van der Waals surface area (Å²) in [5.41, 5.74) is 7.42. The number of carbonyl (C=O) groups excluding carboxylic acids is 1. The molecule has 0 unspecified atom stereocenters. The number of carbonyl (C=O) groups is 1. The third-order valence-electron chi connectivity index (χ3n) is 6.54. The second-order valence-electron chi connectivity index (χ2n) is 9.01. The highest BCUT2D eigenvalue weighted by molar-refractivity contribution is 5.96. The van der Waals surface area contributed by atoms with Gasteiger partial charge in [0.2, 0.25) is 0 Å². The minimum atomic E-state index is -0.190. The molecule has 0 radical (unpaired) electrons. The summed E-state index contributed by atoms with van der Waals surface area (Å²) in [6, 6.07) is 12.1. The van der Waals surface area contributed by atoms with E-state index in [1.165, 1.54) is 6.20 Å². The minimum absolute atomic E-state index is 0.190. The maximum Gasteiger partial charge on any atom is 0.252 e. The predicted molar refractivity (Wildman–Crippen MR) is 138 cm³/mol. The minimum Gasteiger partial charge on any atom is -0.452 e. The lowest BCUT2D eigenvalue weighted by molar-refractivity contribution is 0.0904. The van der Waals surface area contributed by atoms with Gasteiger partial charge in [-0.2, -0.15) is 5.26 Å². The van der Waals surface area contributed by atoms with Crippen LogP contribution in [-0.2, 0) is 4.74 Å². The van der Waals surface area contributed by atoms with Crippen LogP contribution < -0.4 is 10.6 Å². The van der Waals surface area contributed by atoms with Gasteiger partial charge in [0.05, 0.1) is 16.8 Å². The Kier molecular flexibility index (Phi) is 6.40. The molecule has 0 spiro atoms. The summed E-state index contributed by atoms with van der Waals surface area (Å²) in [6.45, 7) is 5.34. The van der Waals surface area contributed by atoms with E-state index in [9.17, 15) is 10.1 Å². The third kappa shape index (κ3) is 4.41. The van der Waals surface area contributed by atoms with E-state index in [0.717, 1.165) is 54.0 Å². The number of nitriles is 1. The molecule has 1 fully saturated rings. The summed E-state index contributed by atoms with van der Waals surface area (Å²) in [5.74, 6) is 0.382. The molecule has 5 rings (SSSR count). The first-order valence-corrected chi connectivity index (χ1v) is 12.0. The van der Waals surface area contributed by atoms with E-state index < -0.39 is 0 Å². The van der Waals surface area contributed by atoms with Gasteiger partial charge in [0.1, 0.15) is 17.3 Å². The lowest BCUT2D eigenvalue weighted by Crippen LogP contribution is -2.28. The van der Waals surface area contributed by atoms with Gasteiger partial charge >= 0.3 is 0 Å². The lowest BCUT2D eigenvalue weighted by atomic mass is 9.98. The molecule has 1 aromatic carbocycles. The number of aromatic nitrogens is 2. The van der Waals surface area contributed by atoms with Crippen molar-refractivity contribution in [2.75, 3.05) is 25.6 Å². The predicted octanol–water partition coefficient (Wildman–Crippen LogP) is 5.00. The maximum atomic E-state index is 12.0. The number of nitrogens with zero attached hydrogens (tertiary/aromatic N) is 3. The summed E-state index contributed by atoms with van der Waals surface area (Å²) in [7, 11) is 1.59. The van der Waals surface area contributed by atoms with Gasteiger partial charge in [-0.25, -0.2) is 0 Å². The molecule has 1 saturated heterocycles. The van der Waals surface area contributed by atoms with Gasteiger partial charge < -0.3 is 19.8 Å². The Morgan fingerprint density at radius 3 is 2.61 bits per heavy atom. The largest absolute Gasteiger partial charge is 0.452 e. The van der Waals surface area contributed by atoms with Crippen molar-refractivity contribution in [1.29, 1.82) is 5.26 Å². The fraction of sp³-hybridized carbons (Fsp3) is 0.286. The van der Waals surface area contributed by atoms with E-state index in [1.54, 1.807) is 13.1 Å². The zero-order valence-electron chi connectivity index (χ0n) is 20.5. The van der Waals surface area contributed by atoms with Crippen LogP contribution in [0.4, 0.5) is 5.69 Å². The first-order chi connectivity index (χ1) is 17.5. The molecule has 4 aromatic rings. The van der Waals surface area contributed by atoms with Gasteiger partial charge in [-0.05, 0) is 61.6 Å². The van der Waals surface area contributed by atoms with Crippen molar-refractivity contribution >= 4 is 22.7 Å². The highest BCUT2D eigenvalue weighted by atomic mass is 16.5. The fourth-order valence-corrected chi connectivity index (χ4v) is 4.62. The molecule has 8 nitrogen and oxygen atoms in total. The number of amides is 1. The number of anilines is 1. The topological polar surface area (TPSA) is 113 Å². The number of hydrogen-bond donors (Lipinski definition) is 2. The smallest absolute Gasteiger partial charge is 0.252 e. The zero-order chi connectivity index (χ0) is 25.2. The first-order valence-electron chi connectivity index (χ1n) is 12.0. The van der Waals surface area contributed by atoms with E-state index >= 15 is 0 Å². The molecule has 0 aliphatic carbocycles. The summed E-state index contributed by atoms with van der Waals surface area (Å²) in [6.07, 6.45) is 5.19. The van der Waals surface area contributed by atoms with Crippen molar-refractivity contribution < 1.29 is 13.9 Å². The Labute approximate surface area is 209 Å². The van der Waals surface area contributed by atoms with E-state index in [-0.39, 0.29) is 5.91 Å². The van der Waals surface area contributed by atoms with E-state index in [4.69, 9.17) is 9.15 Å². The van der Waals surface area contributed by atoms with Gasteiger partial charge in [-0.3, -0.25) is 14.8 Å². The lowest BCUT2D eigenvalue weighted by Gasteiger charge is -2.24. The Bertz CT molecular complexity index is 1500. The quantitative estimate of drug-likeness (QED) is 0.413.